The van der Waals surface area contributed by atoms with Crippen molar-refractivity contribution in [3.8, 4) is 22.9 Å². The third kappa shape index (κ3) is 4.40. The molecule has 0 saturated carbocycles. The quantitative estimate of drug-likeness (QED) is 0.421. The Morgan fingerprint density at radius 1 is 0.971 bits per heavy atom. The van der Waals surface area contributed by atoms with Crippen LogP contribution < -0.4 is 30.8 Å². The number of nitrogens with one attached hydrogen (secondary N) is 1. The van der Waals surface area contributed by atoms with Gasteiger partial charge in [0.1, 0.15) is 11.2 Å². The molecule has 0 aliphatic heterocycles. The van der Waals surface area contributed by atoms with Crippen molar-refractivity contribution < 1.29 is 19.0 Å². The molecule has 182 valence electrons. The molecule has 0 atom stereocenters. The molecule has 1 N–H and O–H groups in total. The van der Waals surface area contributed by atoms with Gasteiger partial charge in [0.05, 0.1) is 32.5 Å². The molecular formula is C25H25N3O6S. The second kappa shape index (κ2) is 9.67. The molecule has 0 spiro atoms. The molecule has 0 bridgehead atoms. The molecule has 0 radical (unpaired) electrons. The normalized spacial score (nSPS) is 10.9. The van der Waals surface area contributed by atoms with Crippen molar-refractivity contribution in [1.82, 2.24) is 9.13 Å². The van der Waals surface area contributed by atoms with E-state index in [0.29, 0.717) is 38.8 Å². The zero-order chi connectivity index (χ0) is 25.3. The number of amides is 1. The van der Waals surface area contributed by atoms with Crippen molar-refractivity contribution in [1.29, 1.82) is 0 Å². The average molecular weight is 496 g/mol. The highest BCUT2D eigenvalue weighted by atomic mass is 32.1. The maximum absolute atomic E-state index is 13.5. The third-order valence-corrected chi connectivity index (χ3v) is 6.50. The number of carbonyl (C=O) groups excluding carboxylic acids is 1. The monoisotopic (exact) mass is 495 g/mol. The number of aromatic nitrogens is 2. The van der Waals surface area contributed by atoms with Gasteiger partial charge in [0, 0.05) is 17.8 Å². The number of methoxy groups -OCH3 is 3. The highest BCUT2D eigenvalue weighted by Crippen LogP contribution is 2.39. The van der Waals surface area contributed by atoms with Crippen LogP contribution in [0.2, 0.25) is 0 Å². The van der Waals surface area contributed by atoms with Crippen molar-refractivity contribution in [3.05, 3.63) is 73.7 Å². The summed E-state index contributed by atoms with van der Waals surface area (Å²) < 4.78 is 18.8. The first-order chi connectivity index (χ1) is 16.8. The van der Waals surface area contributed by atoms with E-state index < -0.39 is 17.2 Å². The molecule has 4 rings (SSSR count). The molecule has 10 heteroatoms. The van der Waals surface area contributed by atoms with E-state index in [0.717, 1.165) is 15.7 Å². The summed E-state index contributed by atoms with van der Waals surface area (Å²) in [6.45, 7) is 3.43. The highest BCUT2D eigenvalue weighted by Gasteiger charge is 2.20. The Morgan fingerprint density at radius 3 is 2.29 bits per heavy atom. The smallest absolute Gasteiger partial charge is 0.336 e. The van der Waals surface area contributed by atoms with Gasteiger partial charge < -0.3 is 19.5 Å². The molecule has 2 aromatic heterocycles. The van der Waals surface area contributed by atoms with Crippen LogP contribution in [0.15, 0.2) is 51.4 Å². The number of anilines is 1. The van der Waals surface area contributed by atoms with Crippen LogP contribution in [0.3, 0.4) is 0 Å². The summed E-state index contributed by atoms with van der Waals surface area (Å²) in [5.74, 6) is 0.691. The Kier molecular flexibility index (Phi) is 6.65. The minimum Gasteiger partial charge on any atom is -0.493 e. The summed E-state index contributed by atoms with van der Waals surface area (Å²) in [5.41, 5.74) is 2.00. The number of aryl methyl sites for hydroxylation is 2. The Morgan fingerprint density at radius 2 is 1.66 bits per heavy atom. The molecule has 0 fully saturated rings. The van der Waals surface area contributed by atoms with E-state index >= 15 is 0 Å². The lowest BCUT2D eigenvalue weighted by molar-refractivity contribution is -0.116. The van der Waals surface area contributed by atoms with Crippen molar-refractivity contribution in [2.45, 2.75) is 20.4 Å². The SMILES string of the molecule is COc1cc(NC(=O)Cn2c(=O)n(-c3cc(C)ccc3C)c(=O)c3sccc32)cc(OC)c1OC. The van der Waals surface area contributed by atoms with E-state index in [1.54, 1.807) is 29.6 Å². The fourth-order valence-corrected chi connectivity index (χ4v) is 4.73. The molecule has 9 nitrogen and oxygen atoms in total. The van der Waals surface area contributed by atoms with E-state index in [1.807, 2.05) is 26.0 Å². The Bertz CT molecular complexity index is 1520. The van der Waals surface area contributed by atoms with E-state index in [1.165, 1.54) is 37.2 Å². The summed E-state index contributed by atoms with van der Waals surface area (Å²) in [6, 6.07) is 10.4. The van der Waals surface area contributed by atoms with E-state index in [-0.39, 0.29) is 6.54 Å². The molecule has 35 heavy (non-hydrogen) atoms. The number of rotatable bonds is 7. The van der Waals surface area contributed by atoms with Crippen molar-refractivity contribution in [3.63, 3.8) is 0 Å². The second-order valence-electron chi connectivity index (χ2n) is 7.90. The van der Waals surface area contributed by atoms with Gasteiger partial charge in [-0.1, -0.05) is 12.1 Å². The average Bonchev–Trinajstić information content (AvgIpc) is 3.33. The molecule has 2 aromatic carbocycles. The Balaban J connectivity index is 1.77. The molecular weight excluding hydrogens is 470 g/mol. The van der Waals surface area contributed by atoms with Gasteiger partial charge >= 0.3 is 5.69 Å². The number of ether oxygens (including phenoxy) is 3. The van der Waals surface area contributed by atoms with Gasteiger partial charge in [-0.25, -0.2) is 9.36 Å². The third-order valence-electron chi connectivity index (χ3n) is 5.61. The lowest BCUT2D eigenvalue weighted by Gasteiger charge is -2.16. The van der Waals surface area contributed by atoms with Gasteiger partial charge in [0.15, 0.2) is 11.5 Å². The van der Waals surface area contributed by atoms with Crippen molar-refractivity contribution in [2.75, 3.05) is 26.6 Å². The maximum Gasteiger partial charge on any atom is 0.336 e. The van der Waals surface area contributed by atoms with Crippen molar-refractivity contribution >= 4 is 33.1 Å². The van der Waals surface area contributed by atoms with E-state index in [4.69, 9.17) is 14.2 Å². The number of carbonyl (C=O) groups is 1. The van der Waals surface area contributed by atoms with Crippen LogP contribution in [0.25, 0.3) is 15.9 Å². The molecule has 0 unspecified atom stereocenters. The number of hydrogen-bond donors (Lipinski definition) is 1. The predicted octanol–water partition coefficient (Wildman–Crippen LogP) is 3.50. The van der Waals surface area contributed by atoms with E-state index in [2.05, 4.69) is 5.32 Å². The van der Waals surface area contributed by atoms with Crippen LogP contribution in [0.5, 0.6) is 17.2 Å². The minimum atomic E-state index is -0.588. The first-order valence-corrected chi connectivity index (χ1v) is 11.6. The van der Waals surface area contributed by atoms with Gasteiger partial charge in [-0.2, -0.15) is 0 Å². The number of fused-ring (bicyclic) bond motifs is 1. The van der Waals surface area contributed by atoms with E-state index in [9.17, 15) is 14.4 Å². The lowest BCUT2D eigenvalue weighted by Crippen LogP contribution is -2.40. The first kappa shape index (κ1) is 24.1. The van der Waals surface area contributed by atoms with Gasteiger partial charge in [0.25, 0.3) is 5.56 Å². The second-order valence-corrected chi connectivity index (χ2v) is 8.81. The number of thiophene rings is 1. The van der Waals surface area contributed by atoms with Crippen LogP contribution in [-0.2, 0) is 11.3 Å². The van der Waals surface area contributed by atoms with Crippen LogP contribution >= 0.6 is 11.3 Å². The largest absolute Gasteiger partial charge is 0.493 e. The molecule has 1 amide bonds. The molecule has 0 saturated heterocycles. The van der Waals surface area contributed by atoms with Crippen molar-refractivity contribution in [2.24, 2.45) is 0 Å². The molecule has 0 aliphatic carbocycles. The van der Waals surface area contributed by atoms with Crippen LogP contribution in [0.4, 0.5) is 5.69 Å². The van der Waals surface area contributed by atoms with Gasteiger partial charge in [0.2, 0.25) is 11.7 Å². The number of benzene rings is 2. The van der Waals surface area contributed by atoms with Gasteiger partial charge in [-0.05, 0) is 42.5 Å². The fourth-order valence-electron chi connectivity index (χ4n) is 3.91. The molecule has 0 aliphatic rings. The first-order valence-electron chi connectivity index (χ1n) is 10.7. The number of hydrogen-bond acceptors (Lipinski definition) is 7. The zero-order valence-corrected chi connectivity index (χ0v) is 20.8. The fraction of sp³-hybridized carbons (Fsp3) is 0.240. The molecule has 4 aromatic rings. The van der Waals surface area contributed by atoms with Gasteiger partial charge in [-0.15, -0.1) is 11.3 Å². The summed E-state index contributed by atoms with van der Waals surface area (Å²) >= 11 is 1.23. The van der Waals surface area contributed by atoms with Crippen LogP contribution in [0.1, 0.15) is 11.1 Å². The van der Waals surface area contributed by atoms with Gasteiger partial charge in [-0.3, -0.25) is 14.2 Å². The summed E-state index contributed by atoms with van der Waals surface area (Å²) in [6.07, 6.45) is 0. The predicted molar refractivity (Wildman–Crippen MR) is 136 cm³/mol. The lowest BCUT2D eigenvalue weighted by atomic mass is 10.1. The number of nitrogens with zero attached hydrogens (tertiary/aromatic N) is 2. The Labute approximate surface area is 205 Å². The summed E-state index contributed by atoms with van der Waals surface area (Å²) in [4.78, 5) is 39.8. The summed E-state index contributed by atoms with van der Waals surface area (Å²) in [7, 11) is 4.45. The summed E-state index contributed by atoms with van der Waals surface area (Å²) in [5, 5.41) is 4.50. The molecule has 2 heterocycles. The minimum absolute atomic E-state index is 0.298. The highest BCUT2D eigenvalue weighted by molar-refractivity contribution is 7.17. The van der Waals surface area contributed by atoms with Crippen LogP contribution in [-0.4, -0.2) is 36.4 Å². The van der Waals surface area contributed by atoms with Crippen LogP contribution in [0, 0.1) is 13.8 Å². The topological polar surface area (TPSA) is 101 Å². The Hall–Kier alpha value is -4.05. The zero-order valence-electron chi connectivity index (χ0n) is 20.0. The standard InChI is InChI=1S/C25H25N3O6S/c1-14-6-7-15(2)18(10-14)28-24(30)23-17(8-9-35-23)27(25(28)31)13-21(29)26-16-11-19(32-3)22(34-5)20(12-16)33-4/h6-12H,13H2,1-5H3,(H,26,29). The maximum atomic E-state index is 13.5.